The van der Waals surface area contributed by atoms with Crippen LogP contribution in [0.2, 0.25) is 0 Å². The van der Waals surface area contributed by atoms with Gasteiger partial charge in [-0.05, 0) is 24.3 Å². The Morgan fingerprint density at radius 3 is 2.38 bits per heavy atom. The molecule has 0 atom stereocenters. The predicted molar refractivity (Wildman–Crippen MR) is 123 cm³/mol. The summed E-state index contributed by atoms with van der Waals surface area (Å²) >= 11 is 0. The van der Waals surface area contributed by atoms with Crippen LogP contribution in [0.4, 0.5) is 5.69 Å². The quantitative estimate of drug-likeness (QED) is 0.557. The molecule has 2 N–H and O–H groups in total. The van der Waals surface area contributed by atoms with E-state index in [1.807, 2.05) is 18.2 Å². The lowest BCUT2D eigenvalue weighted by molar-refractivity contribution is -0.117. The zero-order valence-electron chi connectivity index (χ0n) is 18.7. The molecule has 1 aromatic heterocycles. The van der Waals surface area contributed by atoms with Crippen molar-refractivity contribution in [1.29, 1.82) is 0 Å². The Bertz CT molecular complexity index is 1080. The van der Waals surface area contributed by atoms with E-state index in [1.54, 1.807) is 39.5 Å². The number of anilines is 1. The van der Waals surface area contributed by atoms with Crippen LogP contribution in [0.15, 0.2) is 36.4 Å². The van der Waals surface area contributed by atoms with Gasteiger partial charge in [0.15, 0.2) is 0 Å². The van der Waals surface area contributed by atoms with Crippen LogP contribution in [0.3, 0.4) is 0 Å². The maximum atomic E-state index is 12.5. The molecule has 0 bridgehead atoms. The molecule has 1 aliphatic rings. The summed E-state index contributed by atoms with van der Waals surface area (Å²) in [5.74, 6) is 2.94. The maximum Gasteiger partial charge on any atom is 0.238 e. The van der Waals surface area contributed by atoms with E-state index in [-0.39, 0.29) is 5.91 Å². The van der Waals surface area contributed by atoms with E-state index >= 15 is 0 Å². The molecule has 1 saturated heterocycles. The first kappa shape index (κ1) is 21.9. The summed E-state index contributed by atoms with van der Waals surface area (Å²) in [6.07, 6.45) is 0. The zero-order chi connectivity index (χ0) is 22.5. The molecule has 1 amide bonds. The molecule has 0 aliphatic carbocycles. The smallest absolute Gasteiger partial charge is 0.238 e. The third-order valence-corrected chi connectivity index (χ3v) is 5.63. The molecule has 9 heteroatoms. The summed E-state index contributed by atoms with van der Waals surface area (Å²) in [5, 5.41) is 2.94. The minimum absolute atomic E-state index is 0.0619. The topological polar surface area (TPSA) is 92.0 Å². The van der Waals surface area contributed by atoms with E-state index in [1.165, 1.54) is 0 Å². The number of H-pyrrole nitrogens is 1. The van der Waals surface area contributed by atoms with Gasteiger partial charge in [-0.1, -0.05) is 0 Å². The number of hydrogen-bond acceptors (Lipinski definition) is 7. The van der Waals surface area contributed by atoms with Gasteiger partial charge in [-0.25, -0.2) is 4.98 Å². The average Bonchev–Trinajstić information content (AvgIpc) is 3.21. The number of carbonyl (C=O) groups excluding carboxylic acids is 1. The van der Waals surface area contributed by atoms with Gasteiger partial charge in [0.2, 0.25) is 5.91 Å². The van der Waals surface area contributed by atoms with Crippen molar-refractivity contribution in [2.24, 2.45) is 0 Å². The number of nitrogens with zero attached hydrogens (tertiary/aromatic N) is 3. The molecule has 2 heterocycles. The SMILES string of the molecule is COc1ccc(NC(=O)CN2CCN(Cc3nc4ccc(OC)cc4[nH]3)CC2)c(OC)c1. The van der Waals surface area contributed by atoms with Gasteiger partial charge in [-0.15, -0.1) is 0 Å². The number of fused-ring (bicyclic) bond motifs is 1. The lowest BCUT2D eigenvalue weighted by Crippen LogP contribution is -2.48. The summed E-state index contributed by atoms with van der Waals surface area (Å²) in [5.41, 5.74) is 2.55. The summed E-state index contributed by atoms with van der Waals surface area (Å²) in [7, 11) is 4.83. The highest BCUT2D eigenvalue weighted by Gasteiger charge is 2.20. The van der Waals surface area contributed by atoms with Crippen LogP contribution in [0.5, 0.6) is 17.2 Å². The normalized spacial score (nSPS) is 15.0. The second-order valence-electron chi connectivity index (χ2n) is 7.73. The van der Waals surface area contributed by atoms with Gasteiger partial charge in [0, 0.05) is 38.3 Å². The van der Waals surface area contributed by atoms with Crippen molar-refractivity contribution in [3.8, 4) is 17.2 Å². The molecule has 3 aromatic rings. The van der Waals surface area contributed by atoms with Crippen molar-refractivity contribution in [3.63, 3.8) is 0 Å². The molecular formula is C23H29N5O4. The van der Waals surface area contributed by atoms with Gasteiger partial charge in [-0.2, -0.15) is 0 Å². The fraction of sp³-hybridized carbons (Fsp3) is 0.391. The van der Waals surface area contributed by atoms with Crippen LogP contribution < -0.4 is 19.5 Å². The van der Waals surface area contributed by atoms with Crippen molar-refractivity contribution in [1.82, 2.24) is 19.8 Å². The Balaban J connectivity index is 1.27. The average molecular weight is 440 g/mol. The molecule has 2 aromatic carbocycles. The number of aromatic nitrogens is 2. The van der Waals surface area contributed by atoms with Crippen LogP contribution in [-0.2, 0) is 11.3 Å². The van der Waals surface area contributed by atoms with Crippen molar-refractivity contribution in [2.75, 3.05) is 59.4 Å². The van der Waals surface area contributed by atoms with Crippen molar-refractivity contribution in [3.05, 3.63) is 42.2 Å². The highest BCUT2D eigenvalue weighted by atomic mass is 16.5. The first-order chi connectivity index (χ1) is 15.6. The number of nitrogens with one attached hydrogen (secondary N) is 2. The van der Waals surface area contributed by atoms with E-state index in [0.717, 1.165) is 55.3 Å². The van der Waals surface area contributed by atoms with Crippen LogP contribution in [0.25, 0.3) is 11.0 Å². The van der Waals surface area contributed by atoms with Crippen molar-refractivity contribution < 1.29 is 19.0 Å². The third-order valence-electron chi connectivity index (χ3n) is 5.63. The Hall–Kier alpha value is -3.30. The third kappa shape index (κ3) is 5.12. The molecule has 0 radical (unpaired) electrons. The first-order valence-electron chi connectivity index (χ1n) is 10.6. The minimum Gasteiger partial charge on any atom is -0.497 e. The van der Waals surface area contributed by atoms with Crippen LogP contribution in [0.1, 0.15) is 5.82 Å². The number of methoxy groups -OCH3 is 3. The fourth-order valence-corrected chi connectivity index (χ4v) is 3.86. The van der Waals surface area contributed by atoms with Crippen LogP contribution in [-0.4, -0.2) is 79.7 Å². The lowest BCUT2D eigenvalue weighted by Gasteiger charge is -2.33. The molecule has 0 unspecified atom stereocenters. The van der Waals surface area contributed by atoms with E-state index < -0.39 is 0 Å². The standard InChI is InChI=1S/C23H29N5O4/c1-30-16-4-6-18-20(12-16)25-22(24-18)14-27-8-10-28(11-9-27)15-23(29)26-19-7-5-17(31-2)13-21(19)32-3/h4-7,12-13H,8-11,14-15H2,1-3H3,(H,24,25)(H,26,29). The number of piperazine rings is 1. The van der Waals surface area contributed by atoms with E-state index in [0.29, 0.717) is 23.7 Å². The highest BCUT2D eigenvalue weighted by molar-refractivity contribution is 5.93. The Labute approximate surface area is 187 Å². The second kappa shape index (κ2) is 9.88. The van der Waals surface area contributed by atoms with Crippen molar-refractivity contribution in [2.45, 2.75) is 6.54 Å². The van der Waals surface area contributed by atoms with Crippen LogP contribution in [0, 0.1) is 0 Å². The molecule has 0 spiro atoms. The van der Waals surface area contributed by atoms with Gasteiger partial charge in [0.25, 0.3) is 0 Å². The number of rotatable bonds is 8. The van der Waals surface area contributed by atoms with E-state index in [4.69, 9.17) is 14.2 Å². The molecule has 9 nitrogen and oxygen atoms in total. The van der Waals surface area contributed by atoms with E-state index in [2.05, 4.69) is 25.1 Å². The Kier molecular flexibility index (Phi) is 6.77. The van der Waals surface area contributed by atoms with Gasteiger partial charge in [0.1, 0.15) is 23.1 Å². The first-order valence-corrected chi connectivity index (χ1v) is 10.6. The number of benzene rings is 2. The largest absolute Gasteiger partial charge is 0.497 e. The molecular weight excluding hydrogens is 410 g/mol. The molecule has 1 fully saturated rings. The summed E-state index contributed by atoms with van der Waals surface area (Å²) in [6.45, 7) is 4.48. The van der Waals surface area contributed by atoms with Gasteiger partial charge in [0.05, 0.1) is 51.1 Å². The van der Waals surface area contributed by atoms with Gasteiger partial charge < -0.3 is 24.5 Å². The van der Waals surface area contributed by atoms with Gasteiger partial charge >= 0.3 is 0 Å². The second-order valence-corrected chi connectivity index (χ2v) is 7.73. The molecule has 4 rings (SSSR count). The molecule has 0 saturated carbocycles. The number of carbonyl (C=O) groups is 1. The summed E-state index contributed by atoms with van der Waals surface area (Å²) in [6, 6.07) is 11.2. The number of imidazole rings is 1. The Morgan fingerprint density at radius 1 is 0.969 bits per heavy atom. The number of aromatic amines is 1. The summed E-state index contributed by atoms with van der Waals surface area (Å²) in [4.78, 5) is 25.1. The zero-order valence-corrected chi connectivity index (χ0v) is 18.7. The number of hydrogen-bond donors (Lipinski definition) is 2. The highest BCUT2D eigenvalue weighted by Crippen LogP contribution is 2.29. The van der Waals surface area contributed by atoms with Gasteiger partial charge in [-0.3, -0.25) is 14.6 Å². The molecule has 1 aliphatic heterocycles. The Morgan fingerprint density at radius 2 is 1.66 bits per heavy atom. The van der Waals surface area contributed by atoms with E-state index in [9.17, 15) is 4.79 Å². The predicted octanol–water partition coefficient (Wildman–Crippen LogP) is 2.34. The fourth-order valence-electron chi connectivity index (χ4n) is 3.86. The monoisotopic (exact) mass is 439 g/mol. The van der Waals surface area contributed by atoms with Crippen molar-refractivity contribution >= 4 is 22.6 Å². The molecule has 32 heavy (non-hydrogen) atoms. The number of amides is 1. The lowest BCUT2D eigenvalue weighted by atomic mass is 10.2. The number of ether oxygens (including phenoxy) is 3. The maximum absolute atomic E-state index is 12.5. The summed E-state index contributed by atoms with van der Waals surface area (Å²) < 4.78 is 15.8. The molecule has 170 valence electrons. The minimum atomic E-state index is -0.0619. The van der Waals surface area contributed by atoms with Crippen LogP contribution >= 0.6 is 0 Å².